The maximum Gasteiger partial charge on any atom is 0.119 e. The first-order valence-corrected chi connectivity index (χ1v) is 7.08. The fraction of sp³-hybridized carbons (Fsp3) is 0.267. The third-order valence-corrected chi connectivity index (χ3v) is 4.01. The largest absolute Gasteiger partial charge is 0.497 e. The summed E-state index contributed by atoms with van der Waals surface area (Å²) in [7, 11) is 1.60. The van der Waals surface area contributed by atoms with E-state index in [2.05, 4.69) is 20.9 Å². The van der Waals surface area contributed by atoms with Gasteiger partial charge < -0.3 is 15.6 Å². The van der Waals surface area contributed by atoms with Gasteiger partial charge in [-0.05, 0) is 41.5 Å². The van der Waals surface area contributed by atoms with Crippen LogP contribution in [-0.2, 0) is 0 Å². The standard InChI is InChI=1S/C15H17BrN2O2/c1-20-11-2-3-14(16)12(8-11)15(19)13(9-17)10-4-6-18-7-5-10/h2-8,13,15,19H,9,17H2,1H3. The predicted octanol–water partition coefficient (Wildman–Crippen LogP) is 2.63. The lowest BCUT2D eigenvalue weighted by atomic mass is 9.90. The van der Waals surface area contributed by atoms with Crippen LogP contribution in [0.3, 0.4) is 0 Å². The topological polar surface area (TPSA) is 68.4 Å². The maximum absolute atomic E-state index is 10.6. The summed E-state index contributed by atoms with van der Waals surface area (Å²) >= 11 is 3.46. The van der Waals surface area contributed by atoms with Gasteiger partial charge in [-0.25, -0.2) is 0 Å². The lowest BCUT2D eigenvalue weighted by Crippen LogP contribution is -2.20. The van der Waals surface area contributed by atoms with Gasteiger partial charge in [-0.3, -0.25) is 4.98 Å². The third-order valence-electron chi connectivity index (χ3n) is 3.29. The Balaban J connectivity index is 2.36. The van der Waals surface area contributed by atoms with Crippen molar-refractivity contribution < 1.29 is 9.84 Å². The summed E-state index contributed by atoms with van der Waals surface area (Å²) in [6.07, 6.45) is 2.68. The van der Waals surface area contributed by atoms with Crippen molar-refractivity contribution in [3.8, 4) is 5.75 Å². The molecule has 0 saturated heterocycles. The van der Waals surface area contributed by atoms with Crippen molar-refractivity contribution in [1.82, 2.24) is 4.98 Å². The van der Waals surface area contributed by atoms with E-state index in [9.17, 15) is 5.11 Å². The number of pyridine rings is 1. The number of benzene rings is 1. The van der Waals surface area contributed by atoms with Crippen molar-refractivity contribution in [3.05, 3.63) is 58.3 Å². The number of aromatic nitrogens is 1. The molecule has 1 aromatic heterocycles. The second-order valence-electron chi connectivity index (χ2n) is 4.46. The van der Waals surface area contributed by atoms with Gasteiger partial charge in [-0.1, -0.05) is 15.9 Å². The molecule has 1 heterocycles. The molecule has 0 fully saturated rings. The molecule has 1 aromatic carbocycles. The van der Waals surface area contributed by atoms with Gasteiger partial charge in [0.05, 0.1) is 13.2 Å². The van der Waals surface area contributed by atoms with E-state index in [1.807, 2.05) is 30.3 Å². The lowest BCUT2D eigenvalue weighted by molar-refractivity contribution is 0.146. The fourth-order valence-corrected chi connectivity index (χ4v) is 2.63. The summed E-state index contributed by atoms with van der Waals surface area (Å²) in [5.74, 6) is 0.508. The number of rotatable bonds is 5. The highest BCUT2D eigenvalue weighted by molar-refractivity contribution is 9.10. The highest BCUT2D eigenvalue weighted by Gasteiger charge is 2.23. The highest BCUT2D eigenvalue weighted by atomic mass is 79.9. The summed E-state index contributed by atoms with van der Waals surface area (Å²) in [5, 5.41) is 10.6. The molecule has 5 heteroatoms. The number of halogens is 1. The molecule has 0 bridgehead atoms. The van der Waals surface area contributed by atoms with Crippen LogP contribution in [0.25, 0.3) is 0 Å². The zero-order valence-corrected chi connectivity index (χ0v) is 12.7. The number of hydrogen-bond acceptors (Lipinski definition) is 4. The number of hydrogen-bond donors (Lipinski definition) is 2. The molecule has 2 aromatic rings. The second-order valence-corrected chi connectivity index (χ2v) is 5.31. The van der Waals surface area contributed by atoms with Crippen LogP contribution in [0.15, 0.2) is 47.2 Å². The van der Waals surface area contributed by atoms with Gasteiger partial charge in [0.15, 0.2) is 0 Å². The Kier molecular flexibility index (Phi) is 5.11. The van der Waals surface area contributed by atoms with E-state index in [4.69, 9.17) is 10.5 Å². The van der Waals surface area contributed by atoms with Gasteiger partial charge in [0, 0.05) is 29.3 Å². The highest BCUT2D eigenvalue weighted by Crippen LogP contribution is 2.35. The number of aliphatic hydroxyl groups is 1. The number of nitrogens with zero attached hydrogens (tertiary/aromatic N) is 1. The van der Waals surface area contributed by atoms with Crippen LogP contribution in [0.1, 0.15) is 23.1 Å². The summed E-state index contributed by atoms with van der Waals surface area (Å²) in [6, 6.07) is 9.25. The maximum atomic E-state index is 10.6. The molecule has 106 valence electrons. The molecule has 0 spiro atoms. The molecule has 2 atom stereocenters. The van der Waals surface area contributed by atoms with Crippen molar-refractivity contribution in [3.63, 3.8) is 0 Å². The molecule has 0 amide bonds. The van der Waals surface area contributed by atoms with Crippen LogP contribution in [0.5, 0.6) is 5.75 Å². The molecule has 0 aliphatic carbocycles. The molecule has 4 nitrogen and oxygen atoms in total. The lowest BCUT2D eigenvalue weighted by Gasteiger charge is -2.23. The Bertz CT molecular complexity index is 563. The zero-order valence-electron chi connectivity index (χ0n) is 11.2. The summed E-state index contributed by atoms with van der Waals surface area (Å²) in [5.41, 5.74) is 7.56. The number of aliphatic hydroxyl groups excluding tert-OH is 1. The first-order chi connectivity index (χ1) is 9.67. The predicted molar refractivity (Wildman–Crippen MR) is 81.7 cm³/mol. The SMILES string of the molecule is COc1ccc(Br)c(C(O)C(CN)c2ccncc2)c1. The van der Waals surface area contributed by atoms with E-state index in [0.717, 1.165) is 15.6 Å². The van der Waals surface area contributed by atoms with Crippen molar-refractivity contribution in [2.24, 2.45) is 5.73 Å². The first-order valence-electron chi connectivity index (χ1n) is 6.29. The van der Waals surface area contributed by atoms with E-state index in [0.29, 0.717) is 12.3 Å². The second kappa shape index (κ2) is 6.83. The van der Waals surface area contributed by atoms with Crippen LogP contribution in [-0.4, -0.2) is 23.7 Å². The minimum atomic E-state index is -0.716. The third kappa shape index (κ3) is 3.17. The number of nitrogens with two attached hydrogens (primary N) is 1. The molecule has 0 saturated carbocycles. The Morgan fingerprint density at radius 3 is 2.60 bits per heavy atom. The van der Waals surface area contributed by atoms with Gasteiger partial charge in [0.2, 0.25) is 0 Å². The molecular weight excluding hydrogens is 320 g/mol. The minimum absolute atomic E-state index is 0.193. The van der Waals surface area contributed by atoms with Gasteiger partial charge in [0.25, 0.3) is 0 Å². The van der Waals surface area contributed by atoms with E-state index >= 15 is 0 Å². The Morgan fingerprint density at radius 1 is 1.30 bits per heavy atom. The molecule has 0 radical (unpaired) electrons. The normalized spacial score (nSPS) is 13.8. The van der Waals surface area contributed by atoms with Crippen LogP contribution in [0, 0.1) is 0 Å². The van der Waals surface area contributed by atoms with Crippen molar-refractivity contribution in [2.75, 3.05) is 13.7 Å². The Hall–Kier alpha value is -1.43. The molecule has 3 N–H and O–H groups in total. The molecule has 20 heavy (non-hydrogen) atoms. The zero-order chi connectivity index (χ0) is 14.5. The molecule has 0 aliphatic heterocycles. The Morgan fingerprint density at radius 2 is 2.00 bits per heavy atom. The van der Waals surface area contributed by atoms with E-state index in [-0.39, 0.29) is 5.92 Å². The van der Waals surface area contributed by atoms with E-state index in [1.54, 1.807) is 19.5 Å². The van der Waals surface area contributed by atoms with Crippen molar-refractivity contribution in [1.29, 1.82) is 0 Å². The molecule has 0 aliphatic rings. The first kappa shape index (κ1) is 15.0. The Labute approximate surface area is 126 Å². The quantitative estimate of drug-likeness (QED) is 0.880. The monoisotopic (exact) mass is 336 g/mol. The van der Waals surface area contributed by atoms with Crippen molar-refractivity contribution >= 4 is 15.9 Å². The van der Waals surface area contributed by atoms with Crippen LogP contribution in [0.2, 0.25) is 0 Å². The smallest absolute Gasteiger partial charge is 0.119 e. The average molecular weight is 337 g/mol. The van der Waals surface area contributed by atoms with Gasteiger partial charge in [-0.15, -0.1) is 0 Å². The van der Waals surface area contributed by atoms with Crippen LogP contribution >= 0.6 is 15.9 Å². The van der Waals surface area contributed by atoms with Gasteiger partial charge in [-0.2, -0.15) is 0 Å². The van der Waals surface area contributed by atoms with Crippen molar-refractivity contribution in [2.45, 2.75) is 12.0 Å². The molecule has 2 rings (SSSR count). The molecular formula is C15H17BrN2O2. The van der Waals surface area contributed by atoms with Crippen LogP contribution in [0.4, 0.5) is 0 Å². The summed E-state index contributed by atoms with van der Waals surface area (Å²) in [4.78, 5) is 3.99. The fourth-order valence-electron chi connectivity index (χ4n) is 2.15. The average Bonchev–Trinajstić information content (AvgIpc) is 2.49. The van der Waals surface area contributed by atoms with Crippen LogP contribution < -0.4 is 10.5 Å². The van der Waals surface area contributed by atoms with Gasteiger partial charge in [0.1, 0.15) is 5.75 Å². The summed E-state index contributed by atoms with van der Waals surface area (Å²) in [6.45, 7) is 0.342. The molecule has 2 unspecified atom stereocenters. The van der Waals surface area contributed by atoms with E-state index < -0.39 is 6.10 Å². The number of methoxy groups -OCH3 is 1. The minimum Gasteiger partial charge on any atom is -0.497 e. The summed E-state index contributed by atoms with van der Waals surface area (Å²) < 4.78 is 6.04. The van der Waals surface area contributed by atoms with Gasteiger partial charge >= 0.3 is 0 Å². The number of ether oxygens (including phenoxy) is 1. The van der Waals surface area contributed by atoms with E-state index in [1.165, 1.54) is 0 Å².